The Bertz CT molecular complexity index is 438. The summed E-state index contributed by atoms with van der Waals surface area (Å²) in [5.74, 6) is 0.270. The Kier molecular flexibility index (Phi) is 3.31. The number of carbonyl (C=O) groups is 1. The second-order valence-electron chi connectivity index (χ2n) is 4.88. The van der Waals surface area contributed by atoms with E-state index in [1.165, 1.54) is 10.5 Å². The van der Waals surface area contributed by atoms with Crippen molar-refractivity contribution in [2.24, 2.45) is 0 Å². The predicted molar refractivity (Wildman–Crippen MR) is 71.8 cm³/mol. The highest BCUT2D eigenvalue weighted by Gasteiger charge is 2.32. The van der Waals surface area contributed by atoms with E-state index in [0.717, 1.165) is 19.5 Å². The monoisotopic (exact) mass is 263 g/mol. The Balaban J connectivity index is 1.68. The van der Waals surface area contributed by atoms with Crippen molar-refractivity contribution in [3.05, 3.63) is 29.8 Å². The zero-order valence-electron chi connectivity index (χ0n) is 10.5. The van der Waals surface area contributed by atoms with E-state index in [1.54, 1.807) is 11.8 Å². The molecule has 1 amide bonds. The van der Waals surface area contributed by atoms with Crippen LogP contribution in [0.5, 0.6) is 0 Å². The minimum atomic E-state index is 0.0627. The van der Waals surface area contributed by atoms with Gasteiger partial charge in [0.1, 0.15) is 0 Å². The molecule has 3 nitrogen and oxygen atoms in total. The number of amides is 1. The van der Waals surface area contributed by atoms with Gasteiger partial charge in [-0.15, -0.1) is 11.8 Å². The van der Waals surface area contributed by atoms with Crippen LogP contribution in [0.25, 0.3) is 0 Å². The van der Waals surface area contributed by atoms with Crippen molar-refractivity contribution in [3.63, 3.8) is 0 Å². The molecule has 96 valence electrons. The molecule has 0 unspecified atom stereocenters. The number of hydrogen-bond acceptors (Lipinski definition) is 3. The third-order valence-corrected chi connectivity index (χ3v) is 4.78. The lowest BCUT2D eigenvalue weighted by Crippen LogP contribution is -2.47. The predicted octanol–water partition coefficient (Wildman–Crippen LogP) is 1.95. The number of nitrogens with zero attached hydrogens (tertiary/aromatic N) is 1. The summed E-state index contributed by atoms with van der Waals surface area (Å²) in [5, 5.41) is 0.0627. The molecule has 0 radical (unpaired) electrons. The van der Waals surface area contributed by atoms with Gasteiger partial charge in [-0.05, 0) is 25.0 Å². The van der Waals surface area contributed by atoms with Gasteiger partial charge in [-0.25, -0.2) is 0 Å². The standard InChI is InChI=1S/C14H17NO2S/c1-10-9-15(6-7-17-10)14(16)13-8-11-4-2-3-5-12(11)18-13/h2-5,10,13H,6-9H2,1H3/t10-,13+/m0/s1. The number of rotatable bonds is 1. The lowest BCUT2D eigenvalue weighted by atomic mass is 10.1. The van der Waals surface area contributed by atoms with E-state index in [9.17, 15) is 4.79 Å². The highest BCUT2D eigenvalue weighted by atomic mass is 32.2. The Morgan fingerprint density at radius 3 is 3.06 bits per heavy atom. The molecular formula is C14H17NO2S. The Labute approximate surface area is 111 Å². The molecule has 1 saturated heterocycles. The van der Waals surface area contributed by atoms with E-state index in [2.05, 4.69) is 12.1 Å². The van der Waals surface area contributed by atoms with Crippen molar-refractivity contribution in [2.45, 2.75) is 29.6 Å². The summed E-state index contributed by atoms with van der Waals surface area (Å²) in [6.07, 6.45) is 1.03. The number of fused-ring (bicyclic) bond motifs is 1. The molecule has 0 spiro atoms. The van der Waals surface area contributed by atoms with E-state index < -0.39 is 0 Å². The topological polar surface area (TPSA) is 29.5 Å². The van der Waals surface area contributed by atoms with Gasteiger partial charge in [0.05, 0.1) is 18.0 Å². The third kappa shape index (κ3) is 2.27. The molecule has 0 aliphatic carbocycles. The molecule has 2 aliphatic rings. The molecule has 1 fully saturated rings. The van der Waals surface area contributed by atoms with Crippen LogP contribution >= 0.6 is 11.8 Å². The summed E-state index contributed by atoms with van der Waals surface area (Å²) in [6.45, 7) is 4.15. The number of hydrogen-bond donors (Lipinski definition) is 0. The van der Waals surface area contributed by atoms with Crippen LogP contribution < -0.4 is 0 Å². The summed E-state index contributed by atoms with van der Waals surface area (Å²) in [4.78, 5) is 15.7. The van der Waals surface area contributed by atoms with Crippen molar-refractivity contribution in [2.75, 3.05) is 19.7 Å². The second-order valence-corrected chi connectivity index (χ2v) is 6.13. The number of benzene rings is 1. The summed E-state index contributed by atoms with van der Waals surface area (Å²) in [5.41, 5.74) is 1.31. The van der Waals surface area contributed by atoms with Gasteiger partial charge in [-0.3, -0.25) is 4.79 Å². The molecule has 3 rings (SSSR count). The Hall–Kier alpha value is -1.00. The van der Waals surface area contributed by atoms with E-state index >= 15 is 0 Å². The average molecular weight is 263 g/mol. The van der Waals surface area contributed by atoms with Crippen molar-refractivity contribution in [3.8, 4) is 0 Å². The maximum Gasteiger partial charge on any atom is 0.236 e. The van der Waals surface area contributed by atoms with Gasteiger partial charge in [-0.1, -0.05) is 18.2 Å². The molecule has 0 bridgehead atoms. The van der Waals surface area contributed by atoms with Gasteiger partial charge in [-0.2, -0.15) is 0 Å². The maximum absolute atomic E-state index is 12.5. The van der Waals surface area contributed by atoms with Gasteiger partial charge in [0.15, 0.2) is 0 Å². The van der Waals surface area contributed by atoms with Crippen LogP contribution in [-0.4, -0.2) is 41.9 Å². The fourth-order valence-corrected chi connectivity index (χ4v) is 3.82. The molecule has 2 heterocycles. The Morgan fingerprint density at radius 1 is 1.44 bits per heavy atom. The van der Waals surface area contributed by atoms with Crippen LogP contribution in [0.4, 0.5) is 0 Å². The number of morpholine rings is 1. The second kappa shape index (κ2) is 4.94. The van der Waals surface area contributed by atoms with Crippen LogP contribution in [-0.2, 0) is 16.0 Å². The summed E-state index contributed by atoms with van der Waals surface area (Å²) in [7, 11) is 0. The highest BCUT2D eigenvalue weighted by Crippen LogP contribution is 2.37. The molecule has 0 N–H and O–H groups in total. The van der Waals surface area contributed by atoms with Crippen LogP contribution in [0.15, 0.2) is 29.2 Å². The number of ether oxygens (including phenoxy) is 1. The first-order valence-electron chi connectivity index (χ1n) is 6.39. The van der Waals surface area contributed by atoms with Crippen molar-refractivity contribution >= 4 is 17.7 Å². The minimum absolute atomic E-state index is 0.0627. The number of carbonyl (C=O) groups excluding carboxylic acids is 1. The number of thioether (sulfide) groups is 1. The van der Waals surface area contributed by atoms with Crippen molar-refractivity contribution in [1.29, 1.82) is 0 Å². The SMILES string of the molecule is C[C@H]1CN(C(=O)[C@H]2Cc3ccccc3S2)CCO1. The zero-order chi connectivity index (χ0) is 12.5. The quantitative estimate of drug-likeness (QED) is 0.775. The lowest BCUT2D eigenvalue weighted by Gasteiger charge is -2.32. The van der Waals surface area contributed by atoms with Crippen LogP contribution in [0.3, 0.4) is 0 Å². The first-order valence-corrected chi connectivity index (χ1v) is 7.27. The van der Waals surface area contributed by atoms with E-state index in [0.29, 0.717) is 6.61 Å². The van der Waals surface area contributed by atoms with Crippen molar-refractivity contribution < 1.29 is 9.53 Å². The average Bonchev–Trinajstić information content (AvgIpc) is 2.81. The summed E-state index contributed by atoms with van der Waals surface area (Å²) in [6, 6.07) is 8.31. The van der Waals surface area contributed by atoms with Crippen LogP contribution in [0, 0.1) is 0 Å². The molecular weight excluding hydrogens is 246 g/mol. The molecule has 1 aromatic rings. The lowest BCUT2D eigenvalue weighted by molar-refractivity contribution is -0.137. The summed E-state index contributed by atoms with van der Waals surface area (Å²) < 4.78 is 5.48. The molecule has 2 aliphatic heterocycles. The van der Waals surface area contributed by atoms with Gasteiger partial charge in [0.25, 0.3) is 0 Å². The molecule has 1 aromatic carbocycles. The molecule has 0 saturated carbocycles. The Morgan fingerprint density at radius 2 is 2.28 bits per heavy atom. The van der Waals surface area contributed by atoms with Crippen molar-refractivity contribution in [1.82, 2.24) is 4.90 Å². The first-order chi connectivity index (χ1) is 8.74. The van der Waals surface area contributed by atoms with Gasteiger partial charge >= 0.3 is 0 Å². The van der Waals surface area contributed by atoms with Crippen LogP contribution in [0.2, 0.25) is 0 Å². The van der Waals surface area contributed by atoms with Gasteiger partial charge < -0.3 is 9.64 Å². The third-order valence-electron chi connectivity index (χ3n) is 3.48. The van der Waals surface area contributed by atoms with E-state index in [1.807, 2.05) is 24.0 Å². The van der Waals surface area contributed by atoms with E-state index in [4.69, 9.17) is 4.74 Å². The largest absolute Gasteiger partial charge is 0.375 e. The molecule has 2 atom stereocenters. The zero-order valence-corrected chi connectivity index (χ0v) is 11.3. The normalized spacial score (nSPS) is 27.1. The molecule has 4 heteroatoms. The summed E-state index contributed by atoms with van der Waals surface area (Å²) >= 11 is 1.71. The molecule has 0 aromatic heterocycles. The fourth-order valence-electron chi connectivity index (χ4n) is 2.54. The van der Waals surface area contributed by atoms with E-state index in [-0.39, 0.29) is 17.3 Å². The molecule has 18 heavy (non-hydrogen) atoms. The highest BCUT2D eigenvalue weighted by molar-refractivity contribution is 8.01. The maximum atomic E-state index is 12.5. The van der Waals surface area contributed by atoms with Crippen LogP contribution in [0.1, 0.15) is 12.5 Å². The smallest absolute Gasteiger partial charge is 0.236 e. The minimum Gasteiger partial charge on any atom is -0.375 e. The van der Waals surface area contributed by atoms with Gasteiger partial charge in [0.2, 0.25) is 5.91 Å². The fraction of sp³-hybridized carbons (Fsp3) is 0.500. The van der Waals surface area contributed by atoms with Gasteiger partial charge in [0, 0.05) is 18.0 Å². The first kappa shape index (κ1) is 12.1.